The van der Waals surface area contributed by atoms with Crippen molar-refractivity contribution in [2.45, 2.75) is 13.2 Å². The minimum Gasteiger partial charge on any atom is -0.488 e. The largest absolute Gasteiger partial charge is 0.488 e. The molecule has 0 aliphatic rings. The second-order valence-corrected chi connectivity index (χ2v) is 7.46. The molecule has 0 saturated carbocycles. The zero-order chi connectivity index (χ0) is 20.8. The molecule has 150 valence electrons. The van der Waals surface area contributed by atoms with E-state index in [4.69, 9.17) is 14.6 Å². The summed E-state index contributed by atoms with van der Waals surface area (Å²) in [5.74, 6) is 0.475. The lowest BCUT2D eigenvalue weighted by Gasteiger charge is -2.12. The second-order valence-electron chi connectivity index (χ2n) is 6.52. The van der Waals surface area contributed by atoms with E-state index in [1.807, 2.05) is 78.9 Å². The lowest BCUT2D eigenvalue weighted by atomic mass is 10.0. The minimum absolute atomic E-state index is 0.0426. The Morgan fingerprint density at radius 2 is 1.60 bits per heavy atom. The number of carboxylic acids is 1. The number of aromatic nitrogens is 1. The van der Waals surface area contributed by atoms with Gasteiger partial charge in [-0.25, -0.2) is 9.78 Å². The quantitative estimate of drug-likeness (QED) is 0.400. The van der Waals surface area contributed by atoms with Crippen LogP contribution in [0.1, 0.15) is 21.1 Å². The van der Waals surface area contributed by atoms with E-state index in [1.54, 1.807) is 0 Å². The van der Waals surface area contributed by atoms with Crippen molar-refractivity contribution in [1.29, 1.82) is 0 Å². The molecule has 1 aromatic heterocycles. The zero-order valence-electron chi connectivity index (χ0n) is 16.0. The Labute approximate surface area is 178 Å². The van der Waals surface area contributed by atoms with Gasteiger partial charge >= 0.3 is 5.97 Å². The van der Waals surface area contributed by atoms with Crippen LogP contribution in [-0.2, 0) is 13.2 Å². The molecular formula is C24H19NO4S. The van der Waals surface area contributed by atoms with E-state index in [0.29, 0.717) is 17.4 Å². The molecule has 4 aromatic rings. The van der Waals surface area contributed by atoms with Crippen LogP contribution in [0.4, 0.5) is 0 Å². The van der Waals surface area contributed by atoms with Gasteiger partial charge in [-0.05, 0) is 29.3 Å². The molecule has 0 bridgehead atoms. The Kier molecular flexibility index (Phi) is 6.06. The van der Waals surface area contributed by atoms with Gasteiger partial charge in [0.2, 0.25) is 0 Å². The highest BCUT2D eigenvalue weighted by Gasteiger charge is 2.10. The van der Waals surface area contributed by atoms with Gasteiger partial charge in [-0.1, -0.05) is 60.7 Å². The van der Waals surface area contributed by atoms with E-state index in [-0.39, 0.29) is 12.3 Å². The van der Waals surface area contributed by atoms with Gasteiger partial charge in [0, 0.05) is 10.9 Å². The summed E-state index contributed by atoms with van der Waals surface area (Å²) in [4.78, 5) is 14.9. The summed E-state index contributed by atoms with van der Waals surface area (Å²) >= 11 is 1.27. The Morgan fingerprint density at radius 3 is 2.33 bits per heavy atom. The third kappa shape index (κ3) is 4.85. The maximum Gasteiger partial charge on any atom is 0.355 e. The first kappa shape index (κ1) is 19.7. The van der Waals surface area contributed by atoms with Gasteiger partial charge in [-0.3, -0.25) is 0 Å². The summed E-state index contributed by atoms with van der Waals surface area (Å²) in [5, 5.41) is 11.1. The predicted molar refractivity (Wildman–Crippen MR) is 116 cm³/mol. The highest BCUT2D eigenvalue weighted by molar-refractivity contribution is 7.09. The molecule has 4 rings (SSSR count). The van der Waals surface area contributed by atoms with Crippen molar-refractivity contribution in [2.75, 3.05) is 0 Å². The van der Waals surface area contributed by atoms with Crippen LogP contribution in [0.25, 0.3) is 11.1 Å². The second kappa shape index (κ2) is 9.24. The third-order valence-electron chi connectivity index (χ3n) is 4.42. The summed E-state index contributed by atoms with van der Waals surface area (Å²) in [6.45, 7) is 0.735. The molecule has 0 atom stereocenters. The number of carboxylic acid groups (broad SMARTS) is 1. The van der Waals surface area contributed by atoms with Crippen LogP contribution in [0, 0.1) is 0 Å². The van der Waals surface area contributed by atoms with Crippen LogP contribution in [0.3, 0.4) is 0 Å². The Bertz CT molecular complexity index is 1120. The first-order valence-corrected chi connectivity index (χ1v) is 10.2. The first-order chi connectivity index (χ1) is 14.7. The number of nitrogens with zero attached hydrogens (tertiary/aromatic N) is 1. The number of rotatable bonds is 8. The van der Waals surface area contributed by atoms with E-state index in [9.17, 15) is 4.79 Å². The zero-order valence-corrected chi connectivity index (χ0v) is 16.8. The van der Waals surface area contributed by atoms with Crippen molar-refractivity contribution >= 4 is 17.3 Å². The average molecular weight is 417 g/mol. The lowest BCUT2D eigenvalue weighted by Crippen LogP contribution is -1.99. The number of hydrogen-bond donors (Lipinski definition) is 1. The molecule has 0 radical (unpaired) electrons. The molecule has 1 N–H and O–H groups in total. The first-order valence-electron chi connectivity index (χ1n) is 9.36. The van der Waals surface area contributed by atoms with Crippen LogP contribution >= 0.6 is 11.3 Å². The summed E-state index contributed by atoms with van der Waals surface area (Å²) in [7, 11) is 0. The monoisotopic (exact) mass is 417 g/mol. The molecule has 0 unspecified atom stereocenters. The molecule has 0 spiro atoms. The SMILES string of the molecule is O=C(O)c1csc(COc2ccc(-c3ccccc3OCc3ccccc3)cc2)n1. The van der Waals surface area contributed by atoms with E-state index in [2.05, 4.69) is 4.98 Å². The molecule has 0 amide bonds. The molecule has 0 saturated heterocycles. The minimum atomic E-state index is -1.03. The summed E-state index contributed by atoms with van der Waals surface area (Å²) < 4.78 is 11.8. The van der Waals surface area contributed by atoms with E-state index in [0.717, 1.165) is 22.4 Å². The Hall–Kier alpha value is -3.64. The fourth-order valence-corrected chi connectivity index (χ4v) is 3.60. The lowest BCUT2D eigenvalue weighted by molar-refractivity contribution is 0.0691. The van der Waals surface area contributed by atoms with E-state index < -0.39 is 5.97 Å². The standard InChI is InChI=1S/C24H19NO4S/c26-24(27)21-16-30-23(25-21)15-28-19-12-10-18(11-13-19)20-8-4-5-9-22(20)29-14-17-6-2-1-3-7-17/h1-13,16H,14-15H2,(H,26,27). The van der Waals surface area contributed by atoms with Gasteiger partial charge in [0.1, 0.15) is 29.7 Å². The molecule has 3 aromatic carbocycles. The molecule has 0 aliphatic carbocycles. The molecule has 30 heavy (non-hydrogen) atoms. The van der Waals surface area contributed by atoms with Crippen molar-refractivity contribution in [2.24, 2.45) is 0 Å². The number of benzene rings is 3. The number of ether oxygens (including phenoxy) is 2. The van der Waals surface area contributed by atoms with Crippen molar-refractivity contribution < 1.29 is 19.4 Å². The van der Waals surface area contributed by atoms with Gasteiger partial charge in [-0.15, -0.1) is 11.3 Å². The molecule has 1 heterocycles. The molecule has 0 aliphatic heterocycles. The molecular weight excluding hydrogens is 398 g/mol. The van der Waals surface area contributed by atoms with E-state index in [1.165, 1.54) is 16.7 Å². The number of thiazole rings is 1. The van der Waals surface area contributed by atoms with Crippen LogP contribution < -0.4 is 9.47 Å². The average Bonchev–Trinajstić information content (AvgIpc) is 3.27. The van der Waals surface area contributed by atoms with Gasteiger partial charge in [0.25, 0.3) is 0 Å². The maximum atomic E-state index is 10.9. The predicted octanol–water partition coefficient (Wildman–Crippen LogP) is 5.67. The van der Waals surface area contributed by atoms with Crippen LogP contribution in [0.2, 0.25) is 0 Å². The van der Waals surface area contributed by atoms with Gasteiger partial charge in [0.15, 0.2) is 5.69 Å². The number of para-hydroxylation sites is 1. The third-order valence-corrected chi connectivity index (χ3v) is 5.25. The molecule has 6 heteroatoms. The topological polar surface area (TPSA) is 68.7 Å². The maximum absolute atomic E-state index is 10.9. The smallest absolute Gasteiger partial charge is 0.355 e. The Morgan fingerprint density at radius 1 is 0.867 bits per heavy atom. The van der Waals surface area contributed by atoms with Crippen LogP contribution in [-0.4, -0.2) is 16.1 Å². The number of carbonyl (C=O) groups is 1. The van der Waals surface area contributed by atoms with E-state index >= 15 is 0 Å². The fourth-order valence-electron chi connectivity index (χ4n) is 2.92. The highest BCUT2D eigenvalue weighted by atomic mass is 32.1. The summed E-state index contributed by atoms with van der Waals surface area (Å²) in [6, 6.07) is 25.7. The molecule has 5 nitrogen and oxygen atoms in total. The van der Waals surface area contributed by atoms with Crippen molar-refractivity contribution in [3.63, 3.8) is 0 Å². The summed E-state index contributed by atoms with van der Waals surface area (Å²) in [6.07, 6.45) is 0. The van der Waals surface area contributed by atoms with Crippen molar-refractivity contribution in [1.82, 2.24) is 4.98 Å². The fraction of sp³-hybridized carbons (Fsp3) is 0.0833. The van der Waals surface area contributed by atoms with Crippen molar-refractivity contribution in [3.05, 3.63) is 101 Å². The highest BCUT2D eigenvalue weighted by Crippen LogP contribution is 2.31. The van der Waals surface area contributed by atoms with Crippen LogP contribution in [0.5, 0.6) is 11.5 Å². The van der Waals surface area contributed by atoms with Gasteiger partial charge < -0.3 is 14.6 Å². The number of aromatic carboxylic acids is 1. The van der Waals surface area contributed by atoms with Gasteiger partial charge in [-0.2, -0.15) is 0 Å². The summed E-state index contributed by atoms with van der Waals surface area (Å²) in [5.41, 5.74) is 3.18. The van der Waals surface area contributed by atoms with Crippen LogP contribution in [0.15, 0.2) is 84.2 Å². The normalized spacial score (nSPS) is 10.5. The Balaban J connectivity index is 1.42. The van der Waals surface area contributed by atoms with Crippen molar-refractivity contribution in [3.8, 4) is 22.6 Å². The number of hydrogen-bond acceptors (Lipinski definition) is 5. The molecule has 0 fully saturated rings. The van der Waals surface area contributed by atoms with Gasteiger partial charge in [0.05, 0.1) is 0 Å².